The minimum atomic E-state index is -3.67. The maximum atomic E-state index is 12.7. The summed E-state index contributed by atoms with van der Waals surface area (Å²) < 4.78 is 25.9. The molecule has 0 spiro atoms. The lowest BCUT2D eigenvalue weighted by atomic mass is 10.1. The lowest BCUT2D eigenvalue weighted by Gasteiger charge is -2.30. The van der Waals surface area contributed by atoms with Gasteiger partial charge in [0.2, 0.25) is 15.9 Å². The molecule has 0 aliphatic rings. The zero-order chi connectivity index (χ0) is 19.3. The van der Waals surface area contributed by atoms with E-state index in [4.69, 9.17) is 11.6 Å². The zero-order valence-corrected chi connectivity index (χ0v) is 16.6. The number of sulfonamides is 1. The Morgan fingerprint density at radius 2 is 1.85 bits per heavy atom. The van der Waals surface area contributed by atoms with Crippen LogP contribution in [0.3, 0.4) is 0 Å². The minimum absolute atomic E-state index is 0.333. The van der Waals surface area contributed by atoms with E-state index in [0.29, 0.717) is 23.7 Å². The number of rotatable bonds is 7. The number of amides is 1. The van der Waals surface area contributed by atoms with Crippen LogP contribution in [0, 0.1) is 6.92 Å². The Hall–Kier alpha value is -2.05. The third-order valence-electron chi connectivity index (χ3n) is 3.98. The lowest BCUT2D eigenvalue weighted by Crippen LogP contribution is -2.49. The first kappa shape index (κ1) is 20.3. The molecule has 0 aliphatic carbocycles. The van der Waals surface area contributed by atoms with Gasteiger partial charge in [-0.05, 0) is 37.1 Å². The van der Waals surface area contributed by atoms with E-state index < -0.39 is 16.1 Å². The van der Waals surface area contributed by atoms with Gasteiger partial charge in [0.05, 0.1) is 11.9 Å². The second kappa shape index (κ2) is 8.56. The highest BCUT2D eigenvalue weighted by molar-refractivity contribution is 7.92. The Labute approximate surface area is 160 Å². The molecule has 1 atom stereocenters. The molecule has 140 valence electrons. The van der Waals surface area contributed by atoms with Crippen molar-refractivity contribution in [3.8, 4) is 0 Å². The fourth-order valence-electron chi connectivity index (χ4n) is 2.69. The molecular weight excluding hydrogens is 372 g/mol. The summed E-state index contributed by atoms with van der Waals surface area (Å²) in [5, 5.41) is 3.24. The molecular formula is C19H23ClN2O3S. The second-order valence-electron chi connectivity index (χ2n) is 6.17. The van der Waals surface area contributed by atoms with Crippen molar-refractivity contribution in [2.24, 2.45) is 0 Å². The van der Waals surface area contributed by atoms with E-state index >= 15 is 0 Å². The Kier molecular flexibility index (Phi) is 6.67. The van der Waals surface area contributed by atoms with Crippen LogP contribution in [0.2, 0.25) is 5.02 Å². The first-order valence-corrected chi connectivity index (χ1v) is 10.5. The maximum Gasteiger partial charge on any atom is 0.244 e. The Balaban J connectivity index is 2.23. The first-order valence-electron chi connectivity index (χ1n) is 8.30. The molecule has 0 aliphatic heterocycles. The summed E-state index contributed by atoms with van der Waals surface area (Å²) in [6.07, 6.45) is 1.42. The van der Waals surface area contributed by atoms with Gasteiger partial charge in [0.25, 0.3) is 0 Å². The summed E-state index contributed by atoms with van der Waals surface area (Å²) >= 11 is 6.00. The number of hydrogen-bond acceptors (Lipinski definition) is 3. The van der Waals surface area contributed by atoms with Crippen LogP contribution in [0.25, 0.3) is 0 Å². The predicted molar refractivity (Wildman–Crippen MR) is 106 cm³/mol. The van der Waals surface area contributed by atoms with Crippen molar-refractivity contribution in [1.82, 2.24) is 5.32 Å². The molecule has 0 aromatic heterocycles. The number of nitrogens with zero attached hydrogens (tertiary/aromatic N) is 1. The van der Waals surface area contributed by atoms with E-state index in [9.17, 15) is 13.2 Å². The molecule has 0 radical (unpaired) electrons. The quantitative estimate of drug-likeness (QED) is 0.781. The van der Waals surface area contributed by atoms with Crippen LogP contribution in [-0.4, -0.2) is 26.6 Å². The lowest BCUT2D eigenvalue weighted by molar-refractivity contribution is -0.122. The van der Waals surface area contributed by atoms with Gasteiger partial charge in [-0.1, -0.05) is 54.4 Å². The van der Waals surface area contributed by atoms with Crippen LogP contribution in [0.15, 0.2) is 48.5 Å². The van der Waals surface area contributed by atoms with Gasteiger partial charge in [0.15, 0.2) is 0 Å². The largest absolute Gasteiger partial charge is 0.350 e. The summed E-state index contributed by atoms with van der Waals surface area (Å²) in [5.41, 5.74) is 2.46. The van der Waals surface area contributed by atoms with Gasteiger partial charge in [0, 0.05) is 11.6 Å². The molecule has 7 heteroatoms. The van der Waals surface area contributed by atoms with Crippen LogP contribution in [0.5, 0.6) is 0 Å². The van der Waals surface area contributed by atoms with Gasteiger partial charge < -0.3 is 5.32 Å². The van der Waals surface area contributed by atoms with Crippen molar-refractivity contribution in [1.29, 1.82) is 0 Å². The van der Waals surface area contributed by atoms with Gasteiger partial charge in [-0.25, -0.2) is 8.42 Å². The number of carbonyl (C=O) groups excluding carboxylic acids is 1. The fourth-order valence-corrected chi connectivity index (χ4v) is 4.07. The molecule has 5 nitrogen and oxygen atoms in total. The Bertz CT molecular complexity index is 867. The van der Waals surface area contributed by atoms with Gasteiger partial charge in [0.1, 0.15) is 6.04 Å². The molecule has 0 saturated heterocycles. The number of halogens is 1. The van der Waals surface area contributed by atoms with Gasteiger partial charge in [-0.2, -0.15) is 0 Å². The first-order chi connectivity index (χ1) is 12.2. The average molecular weight is 395 g/mol. The summed E-state index contributed by atoms with van der Waals surface area (Å²) in [6, 6.07) is 13.4. The van der Waals surface area contributed by atoms with Gasteiger partial charge in [-0.15, -0.1) is 0 Å². The van der Waals surface area contributed by atoms with Crippen molar-refractivity contribution in [2.75, 3.05) is 10.6 Å². The number of aryl methyl sites for hydroxylation is 1. The van der Waals surface area contributed by atoms with Crippen molar-refractivity contribution in [3.63, 3.8) is 0 Å². The average Bonchev–Trinajstić information content (AvgIpc) is 2.57. The number of nitrogens with one attached hydrogen (secondary N) is 1. The molecule has 2 aromatic rings. The van der Waals surface area contributed by atoms with E-state index in [1.54, 1.807) is 31.2 Å². The highest BCUT2D eigenvalue weighted by Crippen LogP contribution is 2.25. The predicted octanol–water partition coefficient (Wildman–Crippen LogP) is 3.51. The number of hydrogen-bond donors (Lipinski definition) is 1. The summed E-state index contributed by atoms with van der Waals surface area (Å²) in [4.78, 5) is 12.7. The molecule has 0 saturated carbocycles. The Morgan fingerprint density at radius 3 is 2.38 bits per heavy atom. The molecule has 0 unspecified atom stereocenters. The SMILES string of the molecule is CC[C@H](C(=O)NCc1ccc(C)cc1)N(c1cccc(Cl)c1)S(C)(=O)=O. The van der Waals surface area contributed by atoms with Gasteiger partial charge >= 0.3 is 0 Å². The van der Waals surface area contributed by atoms with E-state index in [-0.39, 0.29) is 5.91 Å². The second-order valence-corrected chi connectivity index (χ2v) is 8.46. The van der Waals surface area contributed by atoms with E-state index in [2.05, 4.69) is 5.32 Å². The summed E-state index contributed by atoms with van der Waals surface area (Å²) in [7, 11) is -3.67. The van der Waals surface area contributed by atoms with Crippen LogP contribution in [-0.2, 0) is 21.4 Å². The highest BCUT2D eigenvalue weighted by Gasteiger charge is 2.31. The normalized spacial score (nSPS) is 12.5. The molecule has 2 aromatic carbocycles. The van der Waals surface area contributed by atoms with Crippen LogP contribution in [0.1, 0.15) is 24.5 Å². The maximum absolute atomic E-state index is 12.7. The monoisotopic (exact) mass is 394 g/mol. The molecule has 0 bridgehead atoms. The zero-order valence-electron chi connectivity index (χ0n) is 15.1. The Morgan fingerprint density at radius 1 is 1.19 bits per heavy atom. The van der Waals surface area contributed by atoms with Crippen LogP contribution >= 0.6 is 11.6 Å². The third-order valence-corrected chi connectivity index (χ3v) is 5.39. The number of carbonyl (C=O) groups is 1. The molecule has 1 N–H and O–H groups in total. The third kappa shape index (κ3) is 5.22. The summed E-state index contributed by atoms with van der Waals surface area (Å²) in [6.45, 7) is 4.10. The van der Waals surface area contributed by atoms with Crippen molar-refractivity contribution >= 4 is 33.2 Å². The number of benzene rings is 2. The topological polar surface area (TPSA) is 66.5 Å². The van der Waals surface area contributed by atoms with Gasteiger partial charge in [-0.3, -0.25) is 9.10 Å². The highest BCUT2D eigenvalue weighted by atomic mass is 35.5. The number of anilines is 1. The van der Waals surface area contributed by atoms with Crippen molar-refractivity contribution in [3.05, 3.63) is 64.7 Å². The smallest absolute Gasteiger partial charge is 0.244 e. The molecule has 0 fully saturated rings. The van der Waals surface area contributed by atoms with E-state index in [1.165, 1.54) is 0 Å². The summed E-state index contributed by atoms with van der Waals surface area (Å²) in [5.74, 6) is -0.349. The van der Waals surface area contributed by atoms with Crippen LogP contribution < -0.4 is 9.62 Å². The van der Waals surface area contributed by atoms with E-state index in [1.807, 2.05) is 31.2 Å². The van der Waals surface area contributed by atoms with Crippen molar-refractivity contribution in [2.45, 2.75) is 32.9 Å². The van der Waals surface area contributed by atoms with E-state index in [0.717, 1.165) is 21.7 Å². The molecule has 26 heavy (non-hydrogen) atoms. The van der Waals surface area contributed by atoms with Crippen LogP contribution in [0.4, 0.5) is 5.69 Å². The standard InChI is InChI=1S/C19H23ClN2O3S/c1-4-18(19(23)21-13-15-10-8-14(2)9-11-15)22(26(3,24)25)17-7-5-6-16(20)12-17/h5-12,18H,4,13H2,1-3H3,(H,21,23)/t18-/m1/s1. The molecule has 0 heterocycles. The fraction of sp³-hybridized carbons (Fsp3) is 0.316. The minimum Gasteiger partial charge on any atom is -0.350 e. The molecule has 2 rings (SSSR count). The van der Waals surface area contributed by atoms with Crippen molar-refractivity contribution < 1.29 is 13.2 Å². The molecule has 1 amide bonds.